The van der Waals surface area contributed by atoms with Crippen LogP contribution in [-0.2, 0) is 11.2 Å². The third kappa shape index (κ3) is 6.63. The van der Waals surface area contributed by atoms with Crippen LogP contribution in [0.15, 0.2) is 65.8 Å². The number of para-hydroxylation sites is 2. The quantitative estimate of drug-likeness (QED) is 0.310. The molecule has 2 aromatic heterocycles. The number of carbonyl (C=O) groups is 2. The Balaban J connectivity index is 0.000000245. The summed E-state index contributed by atoms with van der Waals surface area (Å²) < 4.78 is 29.7. The lowest BCUT2D eigenvalue weighted by Crippen LogP contribution is -2.13. The lowest BCUT2D eigenvalue weighted by Gasteiger charge is -2.07. The molecule has 5 N–H and O–H groups in total. The fourth-order valence-electron chi connectivity index (χ4n) is 3.49. The maximum absolute atomic E-state index is 12.4. The van der Waals surface area contributed by atoms with Crippen LogP contribution in [0.1, 0.15) is 33.1 Å². The molecule has 1 atom stereocenters. The van der Waals surface area contributed by atoms with E-state index in [0.29, 0.717) is 24.7 Å². The van der Waals surface area contributed by atoms with E-state index in [1.165, 1.54) is 5.56 Å². The fraction of sp³-hybridized carbons (Fsp3) is 0.160. The van der Waals surface area contributed by atoms with Gasteiger partial charge in [0.2, 0.25) is 0 Å². The van der Waals surface area contributed by atoms with E-state index in [0.717, 1.165) is 29.6 Å². The number of benzene rings is 2. The molecule has 5 rings (SSSR count). The molecule has 1 aliphatic rings. The van der Waals surface area contributed by atoms with Crippen molar-refractivity contribution in [1.29, 1.82) is 0 Å². The maximum Gasteiger partial charge on any atom is 0.357 e. The zero-order valence-corrected chi connectivity index (χ0v) is 19.3. The number of ether oxygens (including phenoxy) is 1. The van der Waals surface area contributed by atoms with Gasteiger partial charge in [-0.25, -0.2) is 28.5 Å². The number of aryl methyl sites for hydroxylation is 1. The van der Waals surface area contributed by atoms with E-state index < -0.39 is 23.3 Å². The number of aromatic nitrogens is 3. The van der Waals surface area contributed by atoms with Gasteiger partial charge in [0.25, 0.3) is 11.9 Å². The van der Waals surface area contributed by atoms with E-state index in [4.69, 9.17) is 15.6 Å². The van der Waals surface area contributed by atoms with Crippen LogP contribution in [0.25, 0.3) is 11.0 Å². The second-order valence-electron chi connectivity index (χ2n) is 8.01. The van der Waals surface area contributed by atoms with Crippen LogP contribution in [0.4, 0.5) is 14.5 Å². The highest BCUT2D eigenvalue weighted by molar-refractivity contribution is 6.03. The van der Waals surface area contributed by atoms with E-state index in [1.807, 2.05) is 48.5 Å². The maximum atomic E-state index is 12.4. The van der Waals surface area contributed by atoms with Crippen LogP contribution in [0.5, 0.6) is 0 Å². The predicted octanol–water partition coefficient (Wildman–Crippen LogP) is 3.52. The van der Waals surface area contributed by atoms with Crippen LogP contribution in [-0.4, -0.2) is 50.6 Å². The molecule has 0 unspecified atom stereocenters. The van der Waals surface area contributed by atoms with Gasteiger partial charge in [-0.1, -0.05) is 24.3 Å². The molecule has 3 heterocycles. The lowest BCUT2D eigenvalue weighted by molar-refractivity contribution is 0.0684. The number of carboxylic acid groups (broad SMARTS) is 1. The van der Waals surface area contributed by atoms with Gasteiger partial charge in [0, 0.05) is 11.8 Å². The van der Waals surface area contributed by atoms with Gasteiger partial charge in [-0.2, -0.15) is 0 Å². The number of hydrogen-bond donors (Lipinski definition) is 4. The number of hydrogen-bond acceptors (Lipinski definition) is 7. The van der Waals surface area contributed by atoms with Gasteiger partial charge in [-0.3, -0.25) is 4.79 Å². The first-order valence-corrected chi connectivity index (χ1v) is 11.1. The number of imidazole rings is 1. The van der Waals surface area contributed by atoms with Crippen molar-refractivity contribution < 1.29 is 28.2 Å². The summed E-state index contributed by atoms with van der Waals surface area (Å²) in [4.78, 5) is 37.0. The number of carboxylic acids is 1. The predicted molar refractivity (Wildman–Crippen MR) is 131 cm³/mol. The second kappa shape index (κ2) is 11.2. The van der Waals surface area contributed by atoms with E-state index in [9.17, 15) is 18.4 Å². The third-order valence-corrected chi connectivity index (χ3v) is 5.33. The number of aliphatic imine (C=N–C) groups is 1. The molecular formula is C25H22F2N6O4. The van der Waals surface area contributed by atoms with Crippen LogP contribution >= 0.6 is 0 Å². The highest BCUT2D eigenvalue weighted by Gasteiger charge is 2.16. The normalized spacial score (nSPS) is 14.3. The molecule has 1 aliphatic heterocycles. The summed E-state index contributed by atoms with van der Waals surface area (Å²) in [5, 5.41) is 11.1. The second-order valence-corrected chi connectivity index (χ2v) is 8.01. The number of rotatable bonds is 6. The van der Waals surface area contributed by atoms with E-state index in [-0.39, 0.29) is 18.0 Å². The molecule has 0 aliphatic carbocycles. The molecule has 4 aromatic rings. The lowest BCUT2D eigenvalue weighted by atomic mass is 10.1. The van der Waals surface area contributed by atoms with E-state index in [1.54, 1.807) is 0 Å². The largest absolute Gasteiger partial charge is 0.476 e. The Morgan fingerprint density at radius 3 is 2.57 bits per heavy atom. The van der Waals surface area contributed by atoms with Crippen molar-refractivity contribution in [3.05, 3.63) is 89.5 Å². The van der Waals surface area contributed by atoms with Crippen LogP contribution in [0.3, 0.4) is 0 Å². The Kier molecular flexibility index (Phi) is 7.67. The fourth-order valence-corrected chi connectivity index (χ4v) is 3.49. The van der Waals surface area contributed by atoms with Gasteiger partial charge in [-0.05, 0) is 42.7 Å². The van der Waals surface area contributed by atoms with Crippen molar-refractivity contribution in [2.45, 2.75) is 18.9 Å². The Bertz CT molecular complexity index is 1420. The van der Waals surface area contributed by atoms with Crippen molar-refractivity contribution in [2.75, 3.05) is 11.9 Å². The first kappa shape index (κ1) is 25.2. The minimum atomic E-state index is -1.51. The van der Waals surface area contributed by atoms with Crippen molar-refractivity contribution in [3.63, 3.8) is 0 Å². The van der Waals surface area contributed by atoms with Crippen LogP contribution in [0, 0.1) is 11.6 Å². The molecular weight excluding hydrogens is 486 g/mol. The van der Waals surface area contributed by atoms with Gasteiger partial charge in [0.15, 0.2) is 17.3 Å². The Labute approximate surface area is 209 Å². The number of nitrogens with one attached hydrogen (secondary N) is 2. The van der Waals surface area contributed by atoms with Crippen molar-refractivity contribution in [1.82, 2.24) is 15.0 Å². The number of aromatic amines is 1. The molecule has 2 aromatic carbocycles. The Morgan fingerprint density at radius 1 is 1.16 bits per heavy atom. The topological polar surface area (TPSA) is 156 Å². The molecule has 0 fully saturated rings. The average Bonchev–Trinajstić information content (AvgIpc) is 3.50. The first-order chi connectivity index (χ1) is 17.8. The molecule has 0 saturated carbocycles. The molecule has 0 radical (unpaired) electrons. The number of anilines is 1. The highest BCUT2D eigenvalue weighted by atomic mass is 19.1. The number of amidine groups is 1. The molecule has 12 heteroatoms. The molecule has 1 amide bonds. The molecule has 37 heavy (non-hydrogen) atoms. The summed E-state index contributed by atoms with van der Waals surface area (Å²) >= 11 is 0. The van der Waals surface area contributed by atoms with Crippen molar-refractivity contribution in [2.24, 2.45) is 10.7 Å². The number of H-pyrrole nitrogens is 1. The number of nitrogens with two attached hydrogens (primary N) is 1. The van der Waals surface area contributed by atoms with Crippen LogP contribution < -0.4 is 11.1 Å². The molecule has 0 spiro atoms. The van der Waals surface area contributed by atoms with Crippen molar-refractivity contribution in [3.8, 4) is 0 Å². The zero-order chi connectivity index (χ0) is 26.4. The van der Waals surface area contributed by atoms with Gasteiger partial charge in [0.05, 0.1) is 23.3 Å². The summed E-state index contributed by atoms with van der Waals surface area (Å²) in [6, 6.07) is 16.2. The minimum Gasteiger partial charge on any atom is -0.476 e. The van der Waals surface area contributed by atoms with E-state index in [2.05, 4.69) is 25.3 Å². The Hall–Kier alpha value is -4.87. The SMILES string of the molecule is NC1=N[C@@H](CCc2ccc(NC(=O)c3nc4ccccc4[nH]3)cc2)CO1.O=C(O)c1ncc(F)cc1F. The summed E-state index contributed by atoms with van der Waals surface area (Å²) in [5.41, 5.74) is 8.25. The first-order valence-electron chi connectivity index (χ1n) is 11.1. The number of pyridine rings is 1. The van der Waals surface area contributed by atoms with Gasteiger partial charge >= 0.3 is 5.97 Å². The number of aromatic carboxylic acids is 1. The number of nitrogens with zero attached hydrogens (tertiary/aromatic N) is 3. The van der Waals surface area contributed by atoms with Crippen LogP contribution in [0.2, 0.25) is 0 Å². The summed E-state index contributed by atoms with van der Waals surface area (Å²) in [7, 11) is 0. The standard InChI is InChI=1S/C19H19N5O2.C6H3F2NO2/c20-19-22-14(11-26-19)10-7-12-5-8-13(9-6-12)21-18(25)17-23-15-3-1-2-4-16(15)24-17;7-3-1-4(8)5(6(10)11)9-2-3/h1-6,8-9,14H,7,10-11H2,(H2,20,22)(H,21,25)(H,23,24);1-2H,(H,10,11)/t14-;/m0./s1. The molecule has 0 bridgehead atoms. The number of halogens is 2. The number of amides is 1. The summed E-state index contributed by atoms with van der Waals surface area (Å²) in [5.74, 6) is -3.54. The highest BCUT2D eigenvalue weighted by Crippen LogP contribution is 2.16. The summed E-state index contributed by atoms with van der Waals surface area (Å²) in [6.45, 7) is 0.553. The molecule has 190 valence electrons. The van der Waals surface area contributed by atoms with Gasteiger partial charge in [-0.15, -0.1) is 0 Å². The average molecular weight is 508 g/mol. The van der Waals surface area contributed by atoms with Gasteiger partial charge in [0.1, 0.15) is 12.4 Å². The monoisotopic (exact) mass is 508 g/mol. The minimum absolute atomic E-state index is 0.127. The number of fused-ring (bicyclic) bond motifs is 1. The number of carbonyl (C=O) groups excluding carboxylic acids is 1. The summed E-state index contributed by atoms with van der Waals surface area (Å²) in [6.07, 6.45) is 2.40. The molecule has 10 nitrogen and oxygen atoms in total. The third-order valence-electron chi connectivity index (χ3n) is 5.33. The van der Waals surface area contributed by atoms with E-state index >= 15 is 0 Å². The Morgan fingerprint density at radius 2 is 1.92 bits per heavy atom. The smallest absolute Gasteiger partial charge is 0.357 e. The van der Waals surface area contributed by atoms with Gasteiger partial charge < -0.3 is 25.9 Å². The molecule has 0 saturated heterocycles. The zero-order valence-electron chi connectivity index (χ0n) is 19.3. The van der Waals surface area contributed by atoms with Crippen molar-refractivity contribution >= 4 is 34.6 Å².